The van der Waals surface area contributed by atoms with Crippen molar-refractivity contribution in [2.24, 2.45) is 0 Å². The van der Waals surface area contributed by atoms with E-state index in [9.17, 15) is 5.11 Å². The minimum atomic E-state index is -0.761. The van der Waals surface area contributed by atoms with Gasteiger partial charge in [0, 0.05) is 4.47 Å². The van der Waals surface area contributed by atoms with Gasteiger partial charge in [0.15, 0.2) is 0 Å². The van der Waals surface area contributed by atoms with Crippen LogP contribution in [0, 0.1) is 0 Å². The maximum atomic E-state index is 9.93. The van der Waals surface area contributed by atoms with Crippen LogP contribution in [0.2, 0.25) is 0 Å². The van der Waals surface area contributed by atoms with Crippen molar-refractivity contribution in [1.29, 1.82) is 0 Å². The topological polar surface area (TPSA) is 32.3 Å². The molecule has 0 amide bonds. The third kappa shape index (κ3) is 2.80. The summed E-state index contributed by atoms with van der Waals surface area (Å²) in [6.07, 6.45) is 0. The number of hydrogen-bond donors (Lipinski definition) is 2. The Bertz CT molecular complexity index is 289. The van der Waals surface area contributed by atoms with Crippen LogP contribution in [0.15, 0.2) is 28.7 Å². The van der Waals surface area contributed by atoms with Gasteiger partial charge < -0.3 is 10.4 Å². The van der Waals surface area contributed by atoms with Crippen LogP contribution in [0.3, 0.4) is 0 Å². The van der Waals surface area contributed by atoms with E-state index < -0.39 is 5.60 Å². The second-order valence-electron chi connectivity index (χ2n) is 3.93. The van der Waals surface area contributed by atoms with Gasteiger partial charge in [0.05, 0.1) is 11.6 Å². The minimum absolute atomic E-state index is 0.0457. The zero-order valence-electron chi connectivity index (χ0n) is 8.71. The van der Waals surface area contributed by atoms with Gasteiger partial charge in [-0.15, -0.1) is 0 Å². The Morgan fingerprint density at radius 1 is 1.29 bits per heavy atom. The highest BCUT2D eigenvalue weighted by molar-refractivity contribution is 9.10. The first-order valence-electron chi connectivity index (χ1n) is 4.60. The summed E-state index contributed by atoms with van der Waals surface area (Å²) < 4.78 is 1.05. The molecule has 1 aromatic carbocycles. The number of aliphatic hydroxyl groups is 1. The maximum absolute atomic E-state index is 9.93. The zero-order valence-corrected chi connectivity index (χ0v) is 10.3. The van der Waals surface area contributed by atoms with Crippen molar-refractivity contribution in [3.05, 3.63) is 34.3 Å². The average Bonchev–Trinajstić information content (AvgIpc) is 2.07. The smallest absolute Gasteiger partial charge is 0.0785 e. The summed E-state index contributed by atoms with van der Waals surface area (Å²) in [5.74, 6) is 0. The molecule has 1 rings (SSSR count). The molecule has 1 atom stereocenters. The van der Waals surface area contributed by atoms with Crippen molar-refractivity contribution in [3.8, 4) is 0 Å². The number of rotatable bonds is 3. The van der Waals surface area contributed by atoms with Crippen LogP contribution in [-0.4, -0.2) is 17.8 Å². The average molecular weight is 258 g/mol. The molecule has 2 nitrogen and oxygen atoms in total. The van der Waals surface area contributed by atoms with Crippen molar-refractivity contribution in [1.82, 2.24) is 5.32 Å². The minimum Gasteiger partial charge on any atom is -0.388 e. The van der Waals surface area contributed by atoms with Crippen LogP contribution in [0.4, 0.5) is 0 Å². The molecule has 0 spiro atoms. The molecule has 14 heavy (non-hydrogen) atoms. The molecular formula is C11H16BrNO. The van der Waals surface area contributed by atoms with Gasteiger partial charge in [-0.2, -0.15) is 0 Å². The van der Waals surface area contributed by atoms with E-state index in [1.54, 1.807) is 13.8 Å². The second-order valence-corrected chi connectivity index (χ2v) is 4.84. The van der Waals surface area contributed by atoms with Gasteiger partial charge in [0.25, 0.3) is 0 Å². The summed E-state index contributed by atoms with van der Waals surface area (Å²) in [7, 11) is 1.85. The molecule has 3 heteroatoms. The quantitative estimate of drug-likeness (QED) is 0.873. The Hall–Kier alpha value is -0.380. The Labute approximate surface area is 93.5 Å². The number of likely N-dealkylation sites (N-methyl/N-ethyl adjacent to an activating group) is 1. The number of nitrogens with one attached hydrogen (secondary N) is 1. The summed E-state index contributed by atoms with van der Waals surface area (Å²) in [5, 5.41) is 13.0. The normalized spacial score (nSPS) is 14.1. The van der Waals surface area contributed by atoms with Crippen LogP contribution >= 0.6 is 15.9 Å². The largest absolute Gasteiger partial charge is 0.388 e. The first kappa shape index (κ1) is 11.7. The van der Waals surface area contributed by atoms with Crippen molar-refractivity contribution < 1.29 is 5.11 Å². The van der Waals surface area contributed by atoms with Gasteiger partial charge in [-0.3, -0.25) is 0 Å². The van der Waals surface area contributed by atoms with Crippen molar-refractivity contribution in [2.45, 2.75) is 25.5 Å². The Balaban J connectivity index is 2.96. The van der Waals surface area contributed by atoms with E-state index in [0.717, 1.165) is 10.0 Å². The lowest BCUT2D eigenvalue weighted by molar-refractivity contribution is 0.0400. The third-order valence-corrected chi connectivity index (χ3v) is 2.73. The first-order valence-corrected chi connectivity index (χ1v) is 5.39. The number of benzene rings is 1. The molecule has 1 unspecified atom stereocenters. The highest BCUT2D eigenvalue weighted by atomic mass is 79.9. The molecule has 0 radical (unpaired) electrons. The molecule has 2 N–H and O–H groups in total. The van der Waals surface area contributed by atoms with Crippen LogP contribution in [0.25, 0.3) is 0 Å². The lowest BCUT2D eigenvalue weighted by atomic mass is 9.92. The van der Waals surface area contributed by atoms with Crippen LogP contribution in [0.1, 0.15) is 25.5 Å². The highest BCUT2D eigenvalue weighted by Crippen LogP contribution is 2.25. The Morgan fingerprint density at radius 2 is 1.79 bits per heavy atom. The van der Waals surface area contributed by atoms with E-state index in [1.807, 2.05) is 31.3 Å². The summed E-state index contributed by atoms with van der Waals surface area (Å²) in [4.78, 5) is 0. The molecule has 0 bridgehead atoms. The molecule has 0 aromatic heterocycles. The van der Waals surface area contributed by atoms with Gasteiger partial charge in [-0.25, -0.2) is 0 Å². The molecule has 0 aliphatic heterocycles. The summed E-state index contributed by atoms with van der Waals surface area (Å²) in [6.45, 7) is 3.60. The van der Waals surface area contributed by atoms with Gasteiger partial charge in [-0.1, -0.05) is 28.1 Å². The van der Waals surface area contributed by atoms with Crippen LogP contribution in [-0.2, 0) is 0 Å². The summed E-state index contributed by atoms with van der Waals surface area (Å²) in [5.41, 5.74) is 0.325. The van der Waals surface area contributed by atoms with E-state index in [1.165, 1.54) is 0 Å². The second kappa shape index (κ2) is 4.43. The Kier molecular flexibility index (Phi) is 3.70. The SMILES string of the molecule is CNC(c1ccc(Br)cc1)C(C)(C)O. The lowest BCUT2D eigenvalue weighted by Gasteiger charge is -2.29. The van der Waals surface area contributed by atoms with Crippen molar-refractivity contribution in [3.63, 3.8) is 0 Å². The molecule has 0 aliphatic carbocycles. The van der Waals surface area contributed by atoms with E-state index in [0.29, 0.717) is 0 Å². The predicted molar refractivity (Wildman–Crippen MR) is 62.2 cm³/mol. The van der Waals surface area contributed by atoms with Gasteiger partial charge in [0.2, 0.25) is 0 Å². The molecule has 0 heterocycles. The molecule has 0 fully saturated rings. The molecule has 78 valence electrons. The van der Waals surface area contributed by atoms with E-state index in [2.05, 4.69) is 21.2 Å². The monoisotopic (exact) mass is 257 g/mol. The van der Waals surface area contributed by atoms with Crippen LogP contribution < -0.4 is 5.32 Å². The standard InChI is InChI=1S/C11H16BrNO/c1-11(2,14)10(13-3)8-4-6-9(12)7-5-8/h4-7,10,13-14H,1-3H3. The van der Waals surface area contributed by atoms with Gasteiger partial charge in [0.1, 0.15) is 0 Å². The van der Waals surface area contributed by atoms with E-state index in [4.69, 9.17) is 0 Å². The first-order chi connectivity index (χ1) is 6.45. The molecule has 1 aromatic rings. The van der Waals surface area contributed by atoms with E-state index >= 15 is 0 Å². The van der Waals surface area contributed by atoms with Gasteiger partial charge >= 0.3 is 0 Å². The van der Waals surface area contributed by atoms with Gasteiger partial charge in [-0.05, 0) is 38.6 Å². The highest BCUT2D eigenvalue weighted by Gasteiger charge is 2.26. The maximum Gasteiger partial charge on any atom is 0.0785 e. The summed E-state index contributed by atoms with van der Waals surface area (Å²) in [6, 6.07) is 7.92. The van der Waals surface area contributed by atoms with Crippen LogP contribution in [0.5, 0.6) is 0 Å². The fraction of sp³-hybridized carbons (Fsp3) is 0.455. The van der Waals surface area contributed by atoms with Crippen molar-refractivity contribution in [2.75, 3.05) is 7.05 Å². The van der Waals surface area contributed by atoms with Crippen molar-refractivity contribution >= 4 is 15.9 Å². The Morgan fingerprint density at radius 3 is 2.14 bits per heavy atom. The molecular weight excluding hydrogens is 242 g/mol. The molecule has 0 aliphatic rings. The lowest BCUT2D eigenvalue weighted by Crippen LogP contribution is -2.37. The fourth-order valence-corrected chi connectivity index (χ4v) is 1.85. The zero-order chi connectivity index (χ0) is 10.8. The summed E-state index contributed by atoms with van der Waals surface area (Å²) >= 11 is 3.38. The third-order valence-electron chi connectivity index (χ3n) is 2.20. The predicted octanol–water partition coefficient (Wildman–Crippen LogP) is 2.48. The number of halogens is 1. The fourth-order valence-electron chi connectivity index (χ4n) is 1.58. The molecule has 0 saturated carbocycles. The van der Waals surface area contributed by atoms with E-state index in [-0.39, 0.29) is 6.04 Å². The number of hydrogen-bond acceptors (Lipinski definition) is 2. The molecule has 0 saturated heterocycles.